The molecule has 3 heteroatoms. The highest BCUT2D eigenvalue weighted by Crippen LogP contribution is 2.47. The van der Waals surface area contributed by atoms with Gasteiger partial charge in [-0.1, -0.05) is 152 Å². The lowest BCUT2D eigenvalue weighted by Crippen LogP contribution is -2.11. The molecule has 11 aromatic rings. The minimum atomic E-state index is 0.875. The Bertz CT molecular complexity index is 3180. The minimum absolute atomic E-state index is 0.875. The van der Waals surface area contributed by atoms with Gasteiger partial charge >= 0.3 is 0 Å². The lowest BCUT2D eigenvalue weighted by molar-refractivity contribution is 0.673. The molecule has 0 saturated carbocycles. The van der Waals surface area contributed by atoms with Gasteiger partial charge in [0.05, 0.1) is 5.69 Å². The second-order valence-corrected chi connectivity index (χ2v) is 15.1. The van der Waals surface area contributed by atoms with Crippen molar-refractivity contribution in [3.8, 4) is 33.4 Å². The van der Waals surface area contributed by atoms with Gasteiger partial charge in [0.2, 0.25) is 0 Å². The molecule has 0 fully saturated rings. The van der Waals surface area contributed by atoms with Gasteiger partial charge in [-0.15, -0.1) is 11.3 Å². The van der Waals surface area contributed by atoms with Crippen LogP contribution in [0.3, 0.4) is 0 Å². The molecule has 11 rings (SSSR count). The number of thiophene rings is 1. The molecule has 0 aliphatic carbocycles. The predicted molar refractivity (Wildman–Crippen MR) is 235 cm³/mol. The summed E-state index contributed by atoms with van der Waals surface area (Å²) in [6.07, 6.45) is 0. The van der Waals surface area contributed by atoms with E-state index >= 15 is 0 Å². The third-order valence-corrected chi connectivity index (χ3v) is 12.1. The summed E-state index contributed by atoms with van der Waals surface area (Å²) < 4.78 is 9.38. The molecule has 0 amide bonds. The van der Waals surface area contributed by atoms with E-state index in [2.05, 4.69) is 205 Å². The Morgan fingerprint density at radius 1 is 0.382 bits per heavy atom. The quantitative estimate of drug-likeness (QED) is 0.170. The highest BCUT2D eigenvalue weighted by atomic mass is 32.1. The van der Waals surface area contributed by atoms with Gasteiger partial charge < -0.3 is 9.32 Å². The molecule has 0 spiro atoms. The summed E-state index contributed by atoms with van der Waals surface area (Å²) in [6.45, 7) is 0. The Labute approximate surface area is 322 Å². The third-order valence-electron chi connectivity index (χ3n) is 10.9. The van der Waals surface area contributed by atoms with E-state index in [4.69, 9.17) is 4.42 Å². The van der Waals surface area contributed by atoms with Crippen LogP contribution in [0.5, 0.6) is 0 Å². The number of rotatable bonds is 6. The first-order chi connectivity index (χ1) is 27.3. The van der Waals surface area contributed by atoms with Crippen molar-refractivity contribution in [2.24, 2.45) is 0 Å². The molecule has 2 nitrogen and oxygen atoms in total. The smallest absolute Gasteiger partial charge is 0.143 e. The second-order valence-electron chi connectivity index (χ2n) is 14.1. The third kappa shape index (κ3) is 5.32. The standard InChI is InChI=1S/C52H33NOS/c1-3-12-34(13-4-1)35-22-27-39(28-23-35)53(40-29-24-38(25-30-40)42-19-11-20-45-43-18-9-10-21-50(43)55-52(42)45)48-32-47-44-31-26-37-16-7-8-17-41(37)51(44)54-49(47)33-46(48)36-14-5-2-6-15-36/h1-33H. The monoisotopic (exact) mass is 719 g/mol. The van der Waals surface area contributed by atoms with Gasteiger partial charge in [-0.05, 0) is 81.7 Å². The summed E-state index contributed by atoms with van der Waals surface area (Å²) >= 11 is 1.87. The van der Waals surface area contributed by atoms with Crippen LogP contribution in [0.15, 0.2) is 205 Å². The molecule has 0 saturated heterocycles. The maximum absolute atomic E-state index is 6.74. The van der Waals surface area contributed by atoms with E-state index in [0.717, 1.165) is 55.5 Å². The molecule has 2 heterocycles. The summed E-state index contributed by atoms with van der Waals surface area (Å²) in [5.74, 6) is 0. The number of fused-ring (bicyclic) bond motifs is 8. The van der Waals surface area contributed by atoms with E-state index in [1.807, 2.05) is 11.3 Å². The number of furan rings is 1. The van der Waals surface area contributed by atoms with Gasteiger partial charge in [-0.2, -0.15) is 0 Å². The molecule has 9 aromatic carbocycles. The van der Waals surface area contributed by atoms with Crippen molar-refractivity contribution < 1.29 is 4.42 Å². The number of benzene rings is 9. The second kappa shape index (κ2) is 12.9. The SMILES string of the molecule is c1ccc(-c2ccc(N(c3ccc(-c4cccc5c4sc4ccccc45)cc3)c3cc4c(cc3-c3ccccc3)oc3c5ccccc5ccc43)cc2)cc1. The molecule has 0 aliphatic heterocycles. The normalized spacial score (nSPS) is 11.6. The average molecular weight is 720 g/mol. The van der Waals surface area contributed by atoms with Crippen LogP contribution in [0.4, 0.5) is 17.1 Å². The highest BCUT2D eigenvalue weighted by Gasteiger charge is 2.22. The Hall–Kier alpha value is -6.94. The van der Waals surface area contributed by atoms with Crippen molar-refractivity contribution in [3.05, 3.63) is 200 Å². The Balaban J connectivity index is 1.13. The minimum Gasteiger partial charge on any atom is -0.455 e. The number of nitrogens with zero attached hydrogens (tertiary/aromatic N) is 1. The molecule has 0 aliphatic rings. The van der Waals surface area contributed by atoms with Crippen molar-refractivity contribution in [2.75, 3.05) is 4.90 Å². The number of hydrogen-bond acceptors (Lipinski definition) is 3. The topological polar surface area (TPSA) is 16.4 Å². The predicted octanol–water partition coefficient (Wildman–Crippen LogP) is 15.6. The Morgan fingerprint density at radius 3 is 1.75 bits per heavy atom. The molecule has 0 radical (unpaired) electrons. The molecule has 0 N–H and O–H groups in total. The van der Waals surface area contributed by atoms with Crippen LogP contribution >= 0.6 is 11.3 Å². The Morgan fingerprint density at radius 2 is 0.982 bits per heavy atom. The fraction of sp³-hybridized carbons (Fsp3) is 0. The van der Waals surface area contributed by atoms with Gasteiger partial charge in [0.25, 0.3) is 0 Å². The van der Waals surface area contributed by atoms with Gasteiger partial charge in [0.15, 0.2) is 0 Å². The van der Waals surface area contributed by atoms with Crippen LogP contribution in [0.2, 0.25) is 0 Å². The van der Waals surface area contributed by atoms with Gasteiger partial charge in [0, 0.05) is 53.3 Å². The highest BCUT2D eigenvalue weighted by molar-refractivity contribution is 7.26. The van der Waals surface area contributed by atoms with Crippen LogP contribution in [0.25, 0.3) is 86.3 Å². The van der Waals surface area contributed by atoms with E-state index < -0.39 is 0 Å². The molecular formula is C52H33NOS. The summed E-state index contributed by atoms with van der Waals surface area (Å²) in [4.78, 5) is 2.40. The molecular weight excluding hydrogens is 687 g/mol. The molecule has 2 aromatic heterocycles. The fourth-order valence-electron chi connectivity index (χ4n) is 8.20. The molecule has 55 heavy (non-hydrogen) atoms. The van der Waals surface area contributed by atoms with Crippen LogP contribution in [-0.4, -0.2) is 0 Å². The summed E-state index contributed by atoms with van der Waals surface area (Å²) in [5, 5.41) is 7.12. The van der Waals surface area contributed by atoms with Crippen molar-refractivity contribution >= 4 is 81.3 Å². The summed E-state index contributed by atoms with van der Waals surface area (Å²) in [7, 11) is 0. The number of hydrogen-bond donors (Lipinski definition) is 0. The fourth-order valence-corrected chi connectivity index (χ4v) is 9.44. The van der Waals surface area contributed by atoms with Crippen LogP contribution in [-0.2, 0) is 0 Å². The van der Waals surface area contributed by atoms with Crippen molar-refractivity contribution in [2.45, 2.75) is 0 Å². The van der Waals surface area contributed by atoms with Crippen LogP contribution < -0.4 is 4.90 Å². The number of anilines is 3. The van der Waals surface area contributed by atoms with Crippen molar-refractivity contribution in [1.82, 2.24) is 0 Å². The first-order valence-electron chi connectivity index (χ1n) is 18.7. The van der Waals surface area contributed by atoms with E-state index in [0.29, 0.717) is 0 Å². The molecule has 0 unspecified atom stereocenters. The lowest BCUT2D eigenvalue weighted by atomic mass is 9.98. The van der Waals surface area contributed by atoms with Crippen molar-refractivity contribution in [3.63, 3.8) is 0 Å². The summed E-state index contributed by atoms with van der Waals surface area (Å²) in [6, 6.07) is 72.1. The van der Waals surface area contributed by atoms with E-state index in [-0.39, 0.29) is 0 Å². The molecule has 0 atom stereocenters. The van der Waals surface area contributed by atoms with Crippen LogP contribution in [0, 0.1) is 0 Å². The zero-order chi connectivity index (χ0) is 36.3. The molecule has 258 valence electrons. The van der Waals surface area contributed by atoms with Crippen LogP contribution in [0.1, 0.15) is 0 Å². The molecule has 0 bridgehead atoms. The zero-order valence-electron chi connectivity index (χ0n) is 29.8. The van der Waals surface area contributed by atoms with Gasteiger partial charge in [-0.3, -0.25) is 0 Å². The summed E-state index contributed by atoms with van der Waals surface area (Å²) in [5.41, 5.74) is 12.1. The van der Waals surface area contributed by atoms with E-state index in [9.17, 15) is 0 Å². The maximum Gasteiger partial charge on any atom is 0.143 e. The first kappa shape index (κ1) is 31.6. The van der Waals surface area contributed by atoms with Gasteiger partial charge in [0.1, 0.15) is 11.2 Å². The maximum atomic E-state index is 6.74. The zero-order valence-corrected chi connectivity index (χ0v) is 30.6. The van der Waals surface area contributed by atoms with E-state index in [1.165, 1.54) is 47.8 Å². The first-order valence-corrected chi connectivity index (χ1v) is 19.5. The Kier molecular flexibility index (Phi) is 7.39. The lowest BCUT2D eigenvalue weighted by Gasteiger charge is -2.28. The average Bonchev–Trinajstić information content (AvgIpc) is 3.83. The van der Waals surface area contributed by atoms with Crippen molar-refractivity contribution in [1.29, 1.82) is 0 Å². The largest absolute Gasteiger partial charge is 0.455 e. The van der Waals surface area contributed by atoms with Gasteiger partial charge in [-0.25, -0.2) is 0 Å². The van der Waals surface area contributed by atoms with E-state index in [1.54, 1.807) is 0 Å².